The first-order valence-electron chi connectivity index (χ1n) is 7.27. The van der Waals surface area contributed by atoms with Crippen molar-refractivity contribution in [1.82, 2.24) is 15.2 Å². The normalized spacial score (nSPS) is 13.8. The second kappa shape index (κ2) is 7.01. The van der Waals surface area contributed by atoms with E-state index in [2.05, 4.69) is 67.9 Å². The van der Waals surface area contributed by atoms with Gasteiger partial charge in [-0.05, 0) is 46.2 Å². The van der Waals surface area contributed by atoms with Crippen LogP contribution in [0.5, 0.6) is 0 Å². The number of thiophene rings is 1. The van der Waals surface area contributed by atoms with Gasteiger partial charge in [0.1, 0.15) is 5.01 Å². The van der Waals surface area contributed by atoms with E-state index in [0.717, 1.165) is 23.8 Å². The van der Waals surface area contributed by atoms with E-state index in [1.165, 1.54) is 4.88 Å². The Hall–Kier alpha value is -0.750. The molecule has 5 heteroatoms. The highest BCUT2D eigenvalue weighted by Crippen LogP contribution is 2.25. The molecule has 0 aliphatic carbocycles. The maximum atomic E-state index is 4.73. The molecule has 0 bridgehead atoms. The average Bonchev–Trinajstić information content (AvgIpc) is 3.06. The van der Waals surface area contributed by atoms with Crippen LogP contribution in [-0.2, 0) is 13.1 Å². The predicted octanol–water partition coefficient (Wildman–Crippen LogP) is 4.29. The summed E-state index contributed by atoms with van der Waals surface area (Å²) < 4.78 is 0. The maximum absolute atomic E-state index is 4.73. The summed E-state index contributed by atoms with van der Waals surface area (Å²) in [5, 5.41) is 8.97. The molecule has 0 aliphatic heterocycles. The largest absolute Gasteiger partial charge is 0.306 e. The van der Waals surface area contributed by atoms with Crippen LogP contribution in [-0.4, -0.2) is 22.5 Å². The molecule has 0 saturated heterocycles. The van der Waals surface area contributed by atoms with Gasteiger partial charge in [-0.1, -0.05) is 6.07 Å². The van der Waals surface area contributed by atoms with Crippen molar-refractivity contribution in [2.45, 2.75) is 52.4 Å². The van der Waals surface area contributed by atoms with Crippen molar-refractivity contribution in [1.29, 1.82) is 0 Å². The number of thiazole rings is 1. The van der Waals surface area contributed by atoms with Crippen LogP contribution < -0.4 is 5.32 Å². The van der Waals surface area contributed by atoms with Crippen LogP contribution in [0.2, 0.25) is 0 Å². The first-order valence-corrected chi connectivity index (χ1v) is 9.03. The van der Waals surface area contributed by atoms with Crippen molar-refractivity contribution in [3.05, 3.63) is 38.5 Å². The molecule has 2 aromatic heterocycles. The Labute approximate surface area is 136 Å². The molecule has 0 saturated carbocycles. The third-order valence-corrected chi connectivity index (χ3v) is 5.34. The Morgan fingerprint density at radius 3 is 2.71 bits per heavy atom. The number of nitrogens with zero attached hydrogens (tertiary/aromatic N) is 2. The third kappa shape index (κ3) is 5.18. The van der Waals surface area contributed by atoms with Crippen LogP contribution in [0.1, 0.15) is 49.3 Å². The molecule has 0 spiro atoms. The van der Waals surface area contributed by atoms with E-state index in [0.29, 0.717) is 6.04 Å². The molecule has 0 fully saturated rings. The molecule has 3 nitrogen and oxygen atoms in total. The molecule has 0 amide bonds. The number of nitrogens with one attached hydrogen (secondary N) is 1. The van der Waals surface area contributed by atoms with Crippen molar-refractivity contribution in [3.63, 3.8) is 0 Å². The van der Waals surface area contributed by atoms with Crippen molar-refractivity contribution in [3.8, 4) is 0 Å². The van der Waals surface area contributed by atoms with Gasteiger partial charge in [0.05, 0.1) is 5.69 Å². The minimum atomic E-state index is 0.135. The Morgan fingerprint density at radius 1 is 1.33 bits per heavy atom. The zero-order valence-corrected chi connectivity index (χ0v) is 15.1. The molecule has 2 rings (SSSR count). The molecule has 1 unspecified atom stereocenters. The molecule has 2 aromatic rings. The summed E-state index contributed by atoms with van der Waals surface area (Å²) >= 11 is 3.56. The second-order valence-corrected chi connectivity index (χ2v) is 8.36. The van der Waals surface area contributed by atoms with Crippen molar-refractivity contribution in [2.75, 3.05) is 7.05 Å². The summed E-state index contributed by atoms with van der Waals surface area (Å²) in [6.45, 7) is 10.5. The van der Waals surface area contributed by atoms with Gasteiger partial charge in [-0.2, -0.15) is 0 Å². The fraction of sp³-hybridized carbons (Fsp3) is 0.562. The van der Waals surface area contributed by atoms with Crippen LogP contribution in [0.4, 0.5) is 0 Å². The molecule has 0 radical (unpaired) electrons. The molecule has 0 aliphatic rings. The van der Waals surface area contributed by atoms with Crippen molar-refractivity contribution < 1.29 is 0 Å². The van der Waals surface area contributed by atoms with Gasteiger partial charge in [-0.25, -0.2) is 4.98 Å². The molecular weight excluding hydrogens is 298 g/mol. The van der Waals surface area contributed by atoms with Crippen molar-refractivity contribution >= 4 is 22.7 Å². The quantitative estimate of drug-likeness (QED) is 0.860. The van der Waals surface area contributed by atoms with Gasteiger partial charge >= 0.3 is 0 Å². The zero-order chi connectivity index (χ0) is 15.5. The van der Waals surface area contributed by atoms with E-state index in [-0.39, 0.29) is 5.54 Å². The predicted molar refractivity (Wildman–Crippen MR) is 92.9 cm³/mol. The minimum Gasteiger partial charge on any atom is -0.306 e. The Bertz CT molecular complexity index is 540. The molecular formula is C16H25N3S2. The van der Waals surface area contributed by atoms with Crippen LogP contribution in [0.15, 0.2) is 22.9 Å². The fourth-order valence-corrected chi connectivity index (χ4v) is 3.56. The highest BCUT2D eigenvalue weighted by Gasteiger charge is 2.15. The summed E-state index contributed by atoms with van der Waals surface area (Å²) in [6.07, 6.45) is 0. The number of aromatic nitrogens is 1. The molecule has 0 aromatic carbocycles. The minimum absolute atomic E-state index is 0.135. The average molecular weight is 324 g/mol. The highest BCUT2D eigenvalue weighted by atomic mass is 32.1. The maximum Gasteiger partial charge on any atom is 0.107 e. The standard InChI is InChI=1S/C16H25N3S2/c1-12(14-7-6-8-20-14)19(5)10-13-11-21-15(18-13)9-17-16(2,3)4/h6-8,11-12,17H,9-10H2,1-5H3. The monoisotopic (exact) mass is 323 g/mol. The van der Waals surface area contributed by atoms with Crippen molar-refractivity contribution in [2.24, 2.45) is 0 Å². The lowest BCUT2D eigenvalue weighted by molar-refractivity contribution is 0.254. The number of hydrogen-bond donors (Lipinski definition) is 1. The summed E-state index contributed by atoms with van der Waals surface area (Å²) in [7, 11) is 2.16. The molecule has 21 heavy (non-hydrogen) atoms. The topological polar surface area (TPSA) is 28.2 Å². The third-order valence-electron chi connectivity index (χ3n) is 3.40. The van der Waals surface area contributed by atoms with Gasteiger partial charge in [-0.3, -0.25) is 4.90 Å². The molecule has 1 atom stereocenters. The molecule has 1 N–H and O–H groups in total. The van der Waals surface area contributed by atoms with Gasteiger partial charge in [0.25, 0.3) is 0 Å². The summed E-state index contributed by atoms with van der Waals surface area (Å²) in [5.74, 6) is 0. The van der Waals surface area contributed by atoms with E-state index < -0.39 is 0 Å². The van der Waals surface area contributed by atoms with E-state index in [1.54, 1.807) is 11.3 Å². The smallest absolute Gasteiger partial charge is 0.107 e. The summed E-state index contributed by atoms with van der Waals surface area (Å²) in [4.78, 5) is 8.49. The fourth-order valence-electron chi connectivity index (χ4n) is 1.98. The first-order chi connectivity index (χ1) is 9.85. The Balaban J connectivity index is 1.90. The Morgan fingerprint density at radius 2 is 2.10 bits per heavy atom. The van der Waals surface area contributed by atoms with Gasteiger partial charge in [0, 0.05) is 34.9 Å². The van der Waals surface area contributed by atoms with Gasteiger partial charge in [0.15, 0.2) is 0 Å². The van der Waals surface area contributed by atoms with Gasteiger partial charge in [-0.15, -0.1) is 22.7 Å². The van der Waals surface area contributed by atoms with Crippen LogP contribution in [0, 0.1) is 0 Å². The van der Waals surface area contributed by atoms with Crippen LogP contribution >= 0.6 is 22.7 Å². The second-order valence-electron chi connectivity index (χ2n) is 6.44. The Kier molecular flexibility index (Phi) is 5.54. The number of hydrogen-bond acceptors (Lipinski definition) is 5. The molecule has 116 valence electrons. The van der Waals surface area contributed by atoms with E-state index in [9.17, 15) is 0 Å². The summed E-state index contributed by atoms with van der Waals surface area (Å²) in [6, 6.07) is 4.75. The van der Waals surface area contributed by atoms with E-state index in [1.807, 2.05) is 11.3 Å². The SMILES string of the molecule is CC(c1cccs1)N(C)Cc1csc(CNC(C)(C)C)n1. The zero-order valence-electron chi connectivity index (χ0n) is 13.5. The van der Waals surface area contributed by atoms with Crippen LogP contribution in [0.25, 0.3) is 0 Å². The lowest BCUT2D eigenvalue weighted by atomic mass is 10.1. The van der Waals surface area contributed by atoms with Crippen LogP contribution in [0.3, 0.4) is 0 Å². The lowest BCUT2D eigenvalue weighted by Gasteiger charge is -2.22. The summed E-state index contributed by atoms with van der Waals surface area (Å²) in [5.41, 5.74) is 1.30. The van der Waals surface area contributed by atoms with Gasteiger partial charge in [0.2, 0.25) is 0 Å². The van der Waals surface area contributed by atoms with Gasteiger partial charge < -0.3 is 5.32 Å². The molecule has 2 heterocycles. The van der Waals surface area contributed by atoms with E-state index in [4.69, 9.17) is 4.98 Å². The first kappa shape index (κ1) is 16.6. The highest BCUT2D eigenvalue weighted by molar-refractivity contribution is 7.10. The van der Waals surface area contributed by atoms with E-state index >= 15 is 0 Å². The number of rotatable bonds is 6. The lowest BCUT2D eigenvalue weighted by Crippen LogP contribution is -2.35.